The van der Waals surface area contributed by atoms with Gasteiger partial charge >= 0.3 is 0 Å². The van der Waals surface area contributed by atoms with Gasteiger partial charge in [-0.3, -0.25) is 4.98 Å². The second-order valence-electron chi connectivity index (χ2n) is 2.04. The predicted octanol–water partition coefficient (Wildman–Crippen LogP) is 1.42. The van der Waals surface area contributed by atoms with Crippen LogP contribution in [0, 0.1) is 5.82 Å². The Hall–Kier alpha value is -1.45. The van der Waals surface area contributed by atoms with Crippen molar-refractivity contribution in [3.8, 4) is 0 Å². The summed E-state index contributed by atoms with van der Waals surface area (Å²) < 4.78 is 12.5. The molecule has 0 aromatic carbocycles. The van der Waals surface area contributed by atoms with Gasteiger partial charge in [0.2, 0.25) is 0 Å². The third-order valence-corrected chi connectivity index (χ3v) is 1.24. The van der Waals surface area contributed by atoms with Crippen molar-refractivity contribution in [2.24, 2.45) is 5.16 Å². The molecule has 1 aromatic heterocycles. The minimum absolute atomic E-state index is 0.296. The van der Waals surface area contributed by atoms with Crippen LogP contribution >= 0.6 is 0 Å². The molecule has 0 bridgehead atoms. The van der Waals surface area contributed by atoms with Crippen LogP contribution in [0.1, 0.15) is 12.6 Å². The molecule has 11 heavy (non-hydrogen) atoms. The molecule has 0 fully saturated rings. The first kappa shape index (κ1) is 7.65. The Morgan fingerprint density at radius 3 is 3.00 bits per heavy atom. The van der Waals surface area contributed by atoms with E-state index in [2.05, 4.69) is 10.1 Å². The van der Waals surface area contributed by atoms with Gasteiger partial charge in [-0.15, -0.1) is 0 Å². The van der Waals surface area contributed by atoms with E-state index in [-0.39, 0.29) is 0 Å². The predicted molar refractivity (Wildman–Crippen MR) is 38.2 cm³/mol. The molecule has 1 heterocycles. The highest BCUT2D eigenvalue weighted by Gasteiger charge is 1.99. The average molecular weight is 154 g/mol. The monoisotopic (exact) mass is 154 g/mol. The summed E-state index contributed by atoms with van der Waals surface area (Å²) in [6, 6.07) is 2.43. The summed E-state index contributed by atoms with van der Waals surface area (Å²) >= 11 is 0. The molecule has 0 atom stereocenters. The SMILES string of the molecule is C/C(=N\O)c1cc(F)ccn1. The zero-order valence-corrected chi connectivity index (χ0v) is 5.95. The summed E-state index contributed by atoms with van der Waals surface area (Å²) in [7, 11) is 0. The number of halogens is 1. The molecule has 1 N–H and O–H groups in total. The van der Waals surface area contributed by atoms with Crippen LogP contribution in [0.25, 0.3) is 0 Å². The molecule has 0 aliphatic rings. The Bertz CT molecular complexity index is 286. The number of pyridine rings is 1. The minimum atomic E-state index is -0.391. The molecule has 1 aromatic rings. The van der Waals surface area contributed by atoms with E-state index >= 15 is 0 Å². The number of oxime groups is 1. The van der Waals surface area contributed by atoms with Crippen molar-refractivity contribution in [2.75, 3.05) is 0 Å². The van der Waals surface area contributed by atoms with Crippen molar-refractivity contribution in [1.29, 1.82) is 0 Å². The Morgan fingerprint density at radius 1 is 1.73 bits per heavy atom. The van der Waals surface area contributed by atoms with Crippen LogP contribution in [0.15, 0.2) is 23.5 Å². The summed E-state index contributed by atoms with van der Waals surface area (Å²) in [5.74, 6) is -0.391. The third-order valence-electron chi connectivity index (χ3n) is 1.24. The van der Waals surface area contributed by atoms with Crippen LogP contribution in [0.2, 0.25) is 0 Å². The first-order chi connectivity index (χ1) is 5.24. The molecule has 0 aliphatic carbocycles. The number of nitrogens with zero attached hydrogens (tertiary/aromatic N) is 2. The van der Waals surface area contributed by atoms with Crippen LogP contribution in [0.5, 0.6) is 0 Å². The van der Waals surface area contributed by atoms with Crippen molar-refractivity contribution in [2.45, 2.75) is 6.92 Å². The van der Waals surface area contributed by atoms with Crippen LogP contribution < -0.4 is 0 Å². The highest BCUT2D eigenvalue weighted by atomic mass is 19.1. The van der Waals surface area contributed by atoms with Gasteiger partial charge < -0.3 is 5.21 Å². The van der Waals surface area contributed by atoms with E-state index < -0.39 is 5.82 Å². The van der Waals surface area contributed by atoms with Crippen molar-refractivity contribution in [3.63, 3.8) is 0 Å². The Balaban J connectivity index is 3.06. The first-order valence-electron chi connectivity index (χ1n) is 3.04. The second-order valence-corrected chi connectivity index (χ2v) is 2.04. The van der Waals surface area contributed by atoms with Crippen molar-refractivity contribution < 1.29 is 9.60 Å². The minimum Gasteiger partial charge on any atom is -0.411 e. The van der Waals surface area contributed by atoms with E-state index in [0.29, 0.717) is 11.4 Å². The molecule has 0 spiro atoms. The van der Waals surface area contributed by atoms with Crippen molar-refractivity contribution in [1.82, 2.24) is 4.98 Å². The molecular formula is C7H7FN2O. The Morgan fingerprint density at radius 2 is 2.45 bits per heavy atom. The van der Waals surface area contributed by atoms with Gasteiger partial charge in [0, 0.05) is 12.3 Å². The lowest BCUT2D eigenvalue weighted by atomic mass is 10.2. The lowest BCUT2D eigenvalue weighted by Crippen LogP contribution is -1.98. The third kappa shape index (κ3) is 1.73. The molecule has 0 unspecified atom stereocenters. The van der Waals surface area contributed by atoms with Crippen LogP contribution in [-0.4, -0.2) is 15.9 Å². The zero-order chi connectivity index (χ0) is 8.27. The summed E-state index contributed by atoms with van der Waals surface area (Å²) in [4.78, 5) is 3.78. The Kier molecular flexibility index (Phi) is 2.15. The molecule has 0 amide bonds. The number of aromatic nitrogens is 1. The molecule has 58 valence electrons. The summed E-state index contributed by atoms with van der Waals surface area (Å²) in [5.41, 5.74) is 0.636. The fraction of sp³-hybridized carbons (Fsp3) is 0.143. The van der Waals surface area contributed by atoms with Gasteiger partial charge in [0.25, 0.3) is 0 Å². The van der Waals surface area contributed by atoms with E-state index in [0.717, 1.165) is 0 Å². The first-order valence-corrected chi connectivity index (χ1v) is 3.04. The van der Waals surface area contributed by atoms with Crippen LogP contribution in [0.4, 0.5) is 4.39 Å². The van der Waals surface area contributed by atoms with E-state index in [1.165, 1.54) is 18.3 Å². The molecule has 4 heteroatoms. The molecule has 0 saturated carbocycles. The van der Waals surface area contributed by atoms with Gasteiger partial charge in [0.1, 0.15) is 11.5 Å². The van der Waals surface area contributed by atoms with Crippen LogP contribution in [-0.2, 0) is 0 Å². The standard InChI is InChI=1S/C7H7FN2O/c1-5(10-11)7-4-6(8)2-3-9-7/h2-4,11H,1H3/b10-5+. The van der Waals surface area contributed by atoms with E-state index in [1.54, 1.807) is 6.92 Å². The number of hydrogen-bond acceptors (Lipinski definition) is 3. The molecule has 0 radical (unpaired) electrons. The van der Waals surface area contributed by atoms with Gasteiger partial charge in [-0.05, 0) is 13.0 Å². The van der Waals surface area contributed by atoms with Crippen molar-refractivity contribution >= 4 is 5.71 Å². The number of rotatable bonds is 1. The summed E-state index contributed by atoms with van der Waals surface area (Å²) in [6.07, 6.45) is 1.32. The highest BCUT2D eigenvalue weighted by Crippen LogP contribution is 2.00. The average Bonchev–Trinajstić information content (AvgIpc) is 2.03. The van der Waals surface area contributed by atoms with E-state index in [4.69, 9.17) is 5.21 Å². The normalized spacial score (nSPS) is 11.6. The van der Waals surface area contributed by atoms with Gasteiger partial charge in [-0.1, -0.05) is 5.16 Å². The molecule has 3 nitrogen and oxygen atoms in total. The van der Waals surface area contributed by atoms with Gasteiger partial charge in [0.05, 0.1) is 5.69 Å². The molecular weight excluding hydrogens is 147 g/mol. The van der Waals surface area contributed by atoms with E-state index in [1.807, 2.05) is 0 Å². The number of hydrogen-bond donors (Lipinski definition) is 1. The maximum absolute atomic E-state index is 12.5. The maximum atomic E-state index is 12.5. The fourth-order valence-corrected chi connectivity index (χ4v) is 0.654. The lowest BCUT2D eigenvalue weighted by Gasteiger charge is -1.95. The second kappa shape index (κ2) is 3.09. The quantitative estimate of drug-likeness (QED) is 0.377. The zero-order valence-electron chi connectivity index (χ0n) is 5.95. The maximum Gasteiger partial charge on any atom is 0.126 e. The summed E-state index contributed by atoms with van der Waals surface area (Å²) in [6.45, 7) is 1.54. The van der Waals surface area contributed by atoms with Gasteiger partial charge in [-0.25, -0.2) is 4.39 Å². The molecule has 0 aliphatic heterocycles. The van der Waals surface area contributed by atoms with Gasteiger partial charge in [-0.2, -0.15) is 0 Å². The van der Waals surface area contributed by atoms with Crippen LogP contribution in [0.3, 0.4) is 0 Å². The molecule has 1 rings (SSSR count). The van der Waals surface area contributed by atoms with E-state index in [9.17, 15) is 4.39 Å². The topological polar surface area (TPSA) is 45.5 Å². The Labute approximate surface area is 63.2 Å². The highest BCUT2D eigenvalue weighted by molar-refractivity contribution is 5.96. The van der Waals surface area contributed by atoms with Crippen molar-refractivity contribution in [3.05, 3.63) is 29.8 Å². The largest absolute Gasteiger partial charge is 0.411 e. The fourth-order valence-electron chi connectivity index (χ4n) is 0.654. The van der Waals surface area contributed by atoms with Gasteiger partial charge in [0.15, 0.2) is 0 Å². The lowest BCUT2D eigenvalue weighted by molar-refractivity contribution is 0.319. The smallest absolute Gasteiger partial charge is 0.126 e. The summed E-state index contributed by atoms with van der Waals surface area (Å²) in [5, 5.41) is 11.2. The molecule has 0 saturated heterocycles.